The first-order valence-electron chi connectivity index (χ1n) is 9.01. The molecule has 5 nitrogen and oxygen atoms in total. The zero-order valence-corrected chi connectivity index (χ0v) is 15.7. The highest BCUT2D eigenvalue weighted by molar-refractivity contribution is 5.96. The highest BCUT2D eigenvalue weighted by atomic mass is 16.3. The van der Waals surface area contributed by atoms with Crippen molar-refractivity contribution in [1.29, 1.82) is 0 Å². The molecule has 3 aromatic heterocycles. The van der Waals surface area contributed by atoms with Gasteiger partial charge in [0.25, 0.3) is 5.91 Å². The highest BCUT2D eigenvalue weighted by Gasteiger charge is 2.20. The quantitative estimate of drug-likeness (QED) is 0.544. The summed E-state index contributed by atoms with van der Waals surface area (Å²) in [5, 5.41) is 4.08. The molecule has 138 valence electrons. The molecule has 0 fully saturated rings. The molecule has 0 saturated heterocycles. The van der Waals surface area contributed by atoms with Gasteiger partial charge in [-0.2, -0.15) is 0 Å². The molecule has 4 aromatic rings. The number of fused-ring (bicyclic) bond motifs is 1. The van der Waals surface area contributed by atoms with Crippen LogP contribution in [0.5, 0.6) is 0 Å². The SMILES string of the molecule is Cc1cc(C(=O)NC(C)c2cc3ccccc3o2)c(C)n1Cc1ccco1. The fraction of sp³-hybridized carbons (Fsp3) is 0.227. The van der Waals surface area contributed by atoms with Crippen LogP contribution in [0.15, 0.2) is 63.6 Å². The summed E-state index contributed by atoms with van der Waals surface area (Å²) in [5.41, 5.74) is 3.43. The van der Waals surface area contributed by atoms with Gasteiger partial charge in [0.15, 0.2) is 0 Å². The summed E-state index contributed by atoms with van der Waals surface area (Å²) in [6.45, 7) is 6.49. The Morgan fingerprint density at radius 1 is 1.15 bits per heavy atom. The number of amides is 1. The lowest BCUT2D eigenvalue weighted by Crippen LogP contribution is -2.26. The van der Waals surface area contributed by atoms with Crippen molar-refractivity contribution in [1.82, 2.24) is 9.88 Å². The van der Waals surface area contributed by atoms with Crippen LogP contribution in [0, 0.1) is 13.8 Å². The number of carbonyl (C=O) groups excluding carboxylic acids is 1. The molecule has 0 aliphatic carbocycles. The van der Waals surface area contributed by atoms with Crippen molar-refractivity contribution in [2.75, 3.05) is 0 Å². The Kier molecular flexibility index (Phi) is 4.36. The third-order valence-corrected chi connectivity index (χ3v) is 4.93. The molecular weight excluding hydrogens is 340 g/mol. The number of hydrogen-bond acceptors (Lipinski definition) is 3. The van der Waals surface area contributed by atoms with E-state index in [1.807, 2.05) is 69.3 Å². The van der Waals surface area contributed by atoms with E-state index in [4.69, 9.17) is 8.83 Å². The van der Waals surface area contributed by atoms with Crippen LogP contribution >= 0.6 is 0 Å². The van der Waals surface area contributed by atoms with E-state index in [2.05, 4.69) is 9.88 Å². The fourth-order valence-electron chi connectivity index (χ4n) is 3.39. The van der Waals surface area contributed by atoms with Crippen molar-refractivity contribution in [2.24, 2.45) is 0 Å². The first-order chi connectivity index (χ1) is 13.0. The maximum absolute atomic E-state index is 12.8. The minimum absolute atomic E-state index is 0.109. The summed E-state index contributed by atoms with van der Waals surface area (Å²) >= 11 is 0. The molecule has 1 amide bonds. The van der Waals surface area contributed by atoms with E-state index in [9.17, 15) is 4.79 Å². The molecule has 1 aromatic carbocycles. The van der Waals surface area contributed by atoms with Crippen LogP contribution in [0.2, 0.25) is 0 Å². The molecule has 27 heavy (non-hydrogen) atoms. The minimum Gasteiger partial charge on any atom is -0.467 e. The number of aromatic nitrogens is 1. The maximum Gasteiger partial charge on any atom is 0.253 e. The second kappa shape index (κ2) is 6.83. The Morgan fingerprint density at radius 2 is 1.96 bits per heavy atom. The van der Waals surface area contributed by atoms with Crippen LogP contribution in [-0.2, 0) is 6.54 Å². The van der Waals surface area contributed by atoms with Gasteiger partial charge >= 0.3 is 0 Å². The molecule has 1 N–H and O–H groups in total. The fourth-order valence-corrected chi connectivity index (χ4v) is 3.39. The predicted octanol–water partition coefficient (Wildman–Crippen LogP) is 4.98. The van der Waals surface area contributed by atoms with Crippen molar-refractivity contribution in [3.8, 4) is 0 Å². The summed E-state index contributed by atoms with van der Waals surface area (Å²) in [5.74, 6) is 1.50. The van der Waals surface area contributed by atoms with Gasteiger partial charge in [-0.1, -0.05) is 18.2 Å². The van der Waals surface area contributed by atoms with E-state index in [0.717, 1.165) is 33.9 Å². The van der Waals surface area contributed by atoms with Gasteiger partial charge in [-0.25, -0.2) is 0 Å². The molecule has 0 radical (unpaired) electrons. The number of rotatable bonds is 5. The Balaban J connectivity index is 1.54. The summed E-state index contributed by atoms with van der Waals surface area (Å²) in [6.07, 6.45) is 1.66. The van der Waals surface area contributed by atoms with E-state index in [1.165, 1.54) is 0 Å². The lowest BCUT2D eigenvalue weighted by atomic mass is 10.2. The van der Waals surface area contributed by atoms with E-state index in [-0.39, 0.29) is 11.9 Å². The van der Waals surface area contributed by atoms with Gasteiger partial charge in [0.05, 0.1) is 24.4 Å². The van der Waals surface area contributed by atoms with Gasteiger partial charge in [0, 0.05) is 16.8 Å². The topological polar surface area (TPSA) is 60.3 Å². The van der Waals surface area contributed by atoms with E-state index in [1.54, 1.807) is 6.26 Å². The lowest BCUT2D eigenvalue weighted by molar-refractivity contribution is 0.0935. The molecule has 0 spiro atoms. The van der Waals surface area contributed by atoms with Crippen molar-refractivity contribution in [3.05, 3.63) is 83.3 Å². The number of hydrogen-bond donors (Lipinski definition) is 1. The lowest BCUT2D eigenvalue weighted by Gasteiger charge is -2.12. The molecule has 4 rings (SSSR count). The zero-order chi connectivity index (χ0) is 19.0. The Labute approximate surface area is 157 Å². The average molecular weight is 362 g/mol. The number of nitrogens with zero attached hydrogens (tertiary/aromatic N) is 1. The number of benzene rings is 1. The molecule has 0 aliphatic heterocycles. The zero-order valence-electron chi connectivity index (χ0n) is 15.7. The second-order valence-corrected chi connectivity index (χ2v) is 6.83. The van der Waals surface area contributed by atoms with Crippen molar-refractivity contribution in [3.63, 3.8) is 0 Å². The number of carbonyl (C=O) groups is 1. The highest BCUT2D eigenvalue weighted by Crippen LogP contribution is 2.24. The van der Waals surface area contributed by atoms with Crippen LogP contribution in [0.25, 0.3) is 11.0 Å². The first kappa shape index (κ1) is 17.2. The Bertz CT molecular complexity index is 1050. The summed E-state index contributed by atoms with van der Waals surface area (Å²) in [6, 6.07) is 15.3. The second-order valence-electron chi connectivity index (χ2n) is 6.83. The standard InChI is InChI=1S/C22H22N2O3/c1-14-11-19(16(3)24(14)13-18-8-6-10-26-18)22(25)23-15(2)21-12-17-7-4-5-9-20(17)27-21/h4-12,15H,13H2,1-3H3,(H,23,25). The van der Waals surface area contributed by atoms with E-state index in [0.29, 0.717) is 12.1 Å². The van der Waals surface area contributed by atoms with Gasteiger partial charge in [-0.15, -0.1) is 0 Å². The molecule has 0 aliphatic rings. The van der Waals surface area contributed by atoms with E-state index < -0.39 is 0 Å². The molecule has 5 heteroatoms. The van der Waals surface area contributed by atoms with Crippen molar-refractivity contribution < 1.29 is 13.6 Å². The smallest absolute Gasteiger partial charge is 0.253 e. The molecule has 3 heterocycles. The predicted molar refractivity (Wildman–Crippen MR) is 104 cm³/mol. The maximum atomic E-state index is 12.8. The Morgan fingerprint density at radius 3 is 2.70 bits per heavy atom. The van der Waals surface area contributed by atoms with Crippen LogP contribution in [0.1, 0.15) is 46.2 Å². The molecule has 0 bridgehead atoms. The normalized spacial score (nSPS) is 12.4. The number of aryl methyl sites for hydroxylation is 1. The largest absolute Gasteiger partial charge is 0.467 e. The number of para-hydroxylation sites is 1. The van der Waals surface area contributed by atoms with Gasteiger partial charge in [-0.05, 0) is 51.1 Å². The number of nitrogens with one attached hydrogen (secondary N) is 1. The van der Waals surface area contributed by atoms with Crippen LogP contribution in [0.3, 0.4) is 0 Å². The monoisotopic (exact) mass is 362 g/mol. The van der Waals surface area contributed by atoms with Crippen LogP contribution in [0.4, 0.5) is 0 Å². The average Bonchev–Trinajstić information content (AvgIpc) is 3.37. The van der Waals surface area contributed by atoms with Crippen LogP contribution in [-0.4, -0.2) is 10.5 Å². The molecular formula is C22H22N2O3. The van der Waals surface area contributed by atoms with Crippen LogP contribution < -0.4 is 5.32 Å². The van der Waals surface area contributed by atoms with Gasteiger partial charge in [-0.3, -0.25) is 4.79 Å². The minimum atomic E-state index is -0.224. The number of furan rings is 2. The van der Waals surface area contributed by atoms with Gasteiger partial charge < -0.3 is 18.7 Å². The summed E-state index contributed by atoms with van der Waals surface area (Å²) in [4.78, 5) is 12.8. The first-order valence-corrected chi connectivity index (χ1v) is 9.01. The molecule has 1 unspecified atom stereocenters. The van der Waals surface area contributed by atoms with Crippen molar-refractivity contribution in [2.45, 2.75) is 33.4 Å². The summed E-state index contributed by atoms with van der Waals surface area (Å²) < 4.78 is 13.4. The third kappa shape index (κ3) is 3.28. The van der Waals surface area contributed by atoms with Crippen molar-refractivity contribution >= 4 is 16.9 Å². The van der Waals surface area contributed by atoms with Gasteiger partial charge in [0.2, 0.25) is 0 Å². The molecule has 1 atom stereocenters. The molecule has 0 saturated carbocycles. The van der Waals surface area contributed by atoms with E-state index >= 15 is 0 Å². The van der Waals surface area contributed by atoms with Gasteiger partial charge in [0.1, 0.15) is 17.1 Å². The summed E-state index contributed by atoms with van der Waals surface area (Å²) in [7, 11) is 0. The third-order valence-electron chi connectivity index (χ3n) is 4.93. The Hall–Kier alpha value is -3.21.